The molecule has 0 amide bonds. The minimum absolute atomic E-state index is 0.00203. The van der Waals surface area contributed by atoms with Crippen molar-refractivity contribution >= 4 is 5.97 Å². The highest BCUT2D eigenvalue weighted by atomic mass is 19.1. The first-order valence-electron chi connectivity index (χ1n) is 6.84. The van der Waals surface area contributed by atoms with Crippen LogP contribution in [0, 0.1) is 17.1 Å². The van der Waals surface area contributed by atoms with E-state index in [1.54, 1.807) is 6.92 Å². The van der Waals surface area contributed by atoms with E-state index in [1.165, 1.54) is 19.1 Å². The van der Waals surface area contributed by atoms with Gasteiger partial charge in [0.25, 0.3) is 0 Å². The molecule has 3 N–H and O–H groups in total. The summed E-state index contributed by atoms with van der Waals surface area (Å²) in [7, 11) is 0. The molecule has 0 radical (unpaired) electrons. The van der Waals surface area contributed by atoms with Crippen LogP contribution < -0.4 is 5.73 Å². The van der Waals surface area contributed by atoms with Gasteiger partial charge in [0, 0.05) is 11.6 Å². The molecule has 120 valence electrons. The quantitative estimate of drug-likeness (QED) is 0.827. The number of phenols is 1. The number of rotatable bonds is 3. The molecule has 0 saturated heterocycles. The van der Waals surface area contributed by atoms with Gasteiger partial charge in [0.2, 0.25) is 5.88 Å². The SMILES string of the molecule is CCOC(=O)C1=C(C)OC(N)=C(C#N)C1c1ccc(O)cc1F. The zero-order valence-electron chi connectivity index (χ0n) is 12.6. The predicted molar refractivity (Wildman–Crippen MR) is 78.1 cm³/mol. The van der Waals surface area contributed by atoms with Crippen molar-refractivity contribution in [3.05, 3.63) is 52.4 Å². The van der Waals surface area contributed by atoms with E-state index in [1.807, 2.05) is 6.07 Å². The van der Waals surface area contributed by atoms with Gasteiger partial charge in [-0.2, -0.15) is 5.26 Å². The van der Waals surface area contributed by atoms with Gasteiger partial charge in [-0.25, -0.2) is 9.18 Å². The highest BCUT2D eigenvalue weighted by molar-refractivity contribution is 5.92. The first-order chi connectivity index (χ1) is 10.9. The van der Waals surface area contributed by atoms with Crippen molar-refractivity contribution in [1.82, 2.24) is 0 Å². The number of phenolic OH excluding ortho intramolecular Hbond substituents is 1. The van der Waals surface area contributed by atoms with Crippen LogP contribution in [-0.4, -0.2) is 17.7 Å². The summed E-state index contributed by atoms with van der Waals surface area (Å²) >= 11 is 0. The number of hydrogen-bond acceptors (Lipinski definition) is 6. The number of nitriles is 1. The maximum Gasteiger partial charge on any atom is 0.338 e. The number of halogens is 1. The normalized spacial score (nSPS) is 17.6. The molecular formula is C16H15FN2O4. The fourth-order valence-corrected chi connectivity index (χ4v) is 2.42. The molecule has 7 heteroatoms. The van der Waals surface area contributed by atoms with Crippen molar-refractivity contribution in [3.8, 4) is 11.8 Å². The van der Waals surface area contributed by atoms with Crippen molar-refractivity contribution in [2.24, 2.45) is 5.73 Å². The third-order valence-electron chi connectivity index (χ3n) is 3.40. The van der Waals surface area contributed by atoms with Gasteiger partial charge in [-0.1, -0.05) is 6.07 Å². The Labute approximate surface area is 132 Å². The number of carbonyl (C=O) groups excluding carboxylic acids is 1. The van der Waals surface area contributed by atoms with E-state index in [2.05, 4.69) is 0 Å². The molecule has 6 nitrogen and oxygen atoms in total. The molecule has 2 rings (SSSR count). The van der Waals surface area contributed by atoms with E-state index in [0.717, 1.165) is 6.07 Å². The van der Waals surface area contributed by atoms with Gasteiger partial charge >= 0.3 is 5.97 Å². The van der Waals surface area contributed by atoms with Crippen molar-refractivity contribution in [2.45, 2.75) is 19.8 Å². The summed E-state index contributed by atoms with van der Waals surface area (Å²) in [6, 6.07) is 5.30. The van der Waals surface area contributed by atoms with E-state index in [4.69, 9.17) is 15.2 Å². The zero-order valence-corrected chi connectivity index (χ0v) is 12.6. The second-order valence-electron chi connectivity index (χ2n) is 4.82. The predicted octanol–water partition coefficient (Wildman–Crippen LogP) is 2.18. The van der Waals surface area contributed by atoms with Gasteiger partial charge in [-0.3, -0.25) is 0 Å². The molecule has 1 aliphatic rings. The summed E-state index contributed by atoms with van der Waals surface area (Å²) < 4.78 is 24.5. The number of esters is 1. The molecule has 1 atom stereocenters. The lowest BCUT2D eigenvalue weighted by molar-refractivity contribution is -0.139. The van der Waals surface area contributed by atoms with Crippen LogP contribution in [0.3, 0.4) is 0 Å². The van der Waals surface area contributed by atoms with E-state index >= 15 is 0 Å². The van der Waals surface area contributed by atoms with Gasteiger partial charge in [0.15, 0.2) is 0 Å². The molecule has 1 unspecified atom stereocenters. The summed E-state index contributed by atoms with van der Waals surface area (Å²) in [5, 5.41) is 18.7. The second kappa shape index (κ2) is 6.40. The van der Waals surface area contributed by atoms with Gasteiger partial charge in [-0.05, 0) is 19.9 Å². The molecule has 1 heterocycles. The fourth-order valence-electron chi connectivity index (χ4n) is 2.42. The summed E-state index contributed by atoms with van der Waals surface area (Å²) in [5.41, 5.74) is 5.63. The average molecular weight is 318 g/mol. The van der Waals surface area contributed by atoms with Crippen LogP contribution in [-0.2, 0) is 14.3 Å². The minimum Gasteiger partial charge on any atom is -0.508 e. The Hall–Kier alpha value is -3.01. The van der Waals surface area contributed by atoms with Crippen molar-refractivity contribution in [3.63, 3.8) is 0 Å². The summed E-state index contributed by atoms with van der Waals surface area (Å²) in [5.74, 6) is -2.89. The zero-order chi connectivity index (χ0) is 17.1. The lowest BCUT2D eigenvalue weighted by Gasteiger charge is -2.27. The number of allylic oxidation sites excluding steroid dienone is 2. The molecule has 0 saturated carbocycles. The smallest absolute Gasteiger partial charge is 0.338 e. The van der Waals surface area contributed by atoms with Crippen molar-refractivity contribution in [1.29, 1.82) is 5.26 Å². The Morgan fingerprint density at radius 2 is 2.26 bits per heavy atom. The molecule has 1 aromatic rings. The maximum atomic E-state index is 14.3. The fraction of sp³-hybridized carbons (Fsp3) is 0.250. The van der Waals surface area contributed by atoms with Gasteiger partial charge < -0.3 is 20.3 Å². The van der Waals surface area contributed by atoms with E-state index in [0.29, 0.717) is 0 Å². The molecule has 1 aromatic carbocycles. The van der Waals surface area contributed by atoms with Crippen molar-refractivity contribution < 1.29 is 23.8 Å². The highest BCUT2D eigenvalue weighted by Crippen LogP contribution is 2.40. The maximum absolute atomic E-state index is 14.3. The molecule has 0 aliphatic carbocycles. The highest BCUT2D eigenvalue weighted by Gasteiger charge is 2.37. The van der Waals surface area contributed by atoms with Crippen LogP contribution in [0.15, 0.2) is 41.0 Å². The molecular weight excluding hydrogens is 303 g/mol. The Bertz CT molecular complexity index is 762. The summed E-state index contributed by atoms with van der Waals surface area (Å²) in [4.78, 5) is 12.2. The van der Waals surface area contributed by atoms with E-state index in [-0.39, 0.29) is 40.7 Å². The Kier molecular flexibility index (Phi) is 4.55. The van der Waals surface area contributed by atoms with Gasteiger partial charge in [-0.15, -0.1) is 0 Å². The number of nitrogens with zero attached hydrogens (tertiary/aromatic N) is 1. The first-order valence-corrected chi connectivity index (χ1v) is 6.84. The Morgan fingerprint density at radius 1 is 1.57 bits per heavy atom. The van der Waals surface area contributed by atoms with Crippen LogP contribution in [0.5, 0.6) is 5.75 Å². The largest absolute Gasteiger partial charge is 0.508 e. The summed E-state index contributed by atoms with van der Waals surface area (Å²) in [6.07, 6.45) is 0. The number of ether oxygens (including phenoxy) is 2. The van der Waals surface area contributed by atoms with Crippen LogP contribution in [0.1, 0.15) is 25.3 Å². The molecule has 0 spiro atoms. The Balaban J connectivity index is 2.66. The first kappa shape index (κ1) is 16.4. The second-order valence-corrected chi connectivity index (χ2v) is 4.82. The molecule has 0 bridgehead atoms. The molecule has 0 fully saturated rings. The van der Waals surface area contributed by atoms with E-state index in [9.17, 15) is 19.6 Å². The number of carbonyl (C=O) groups is 1. The monoisotopic (exact) mass is 318 g/mol. The molecule has 1 aliphatic heterocycles. The third-order valence-corrected chi connectivity index (χ3v) is 3.40. The van der Waals surface area contributed by atoms with Crippen molar-refractivity contribution in [2.75, 3.05) is 6.61 Å². The standard InChI is InChI=1S/C16H15FN2O4/c1-3-22-16(21)13-8(2)23-15(19)11(7-18)14(13)10-5-4-9(20)6-12(10)17/h4-6,14,20H,3,19H2,1-2H3. The Morgan fingerprint density at radius 3 is 2.83 bits per heavy atom. The third kappa shape index (κ3) is 2.97. The molecule has 23 heavy (non-hydrogen) atoms. The van der Waals surface area contributed by atoms with Crippen LogP contribution in [0.25, 0.3) is 0 Å². The van der Waals surface area contributed by atoms with Gasteiger partial charge in [0.05, 0.1) is 18.1 Å². The molecule has 0 aromatic heterocycles. The minimum atomic E-state index is -1.06. The van der Waals surface area contributed by atoms with Crippen LogP contribution in [0.2, 0.25) is 0 Å². The number of aromatic hydroxyl groups is 1. The number of nitrogens with two attached hydrogens (primary N) is 1. The number of benzene rings is 1. The lowest BCUT2D eigenvalue weighted by atomic mass is 9.83. The van der Waals surface area contributed by atoms with Gasteiger partial charge in [0.1, 0.15) is 29.0 Å². The van der Waals surface area contributed by atoms with Crippen LogP contribution in [0.4, 0.5) is 4.39 Å². The summed E-state index contributed by atoms with van der Waals surface area (Å²) in [6.45, 7) is 3.23. The van der Waals surface area contributed by atoms with E-state index < -0.39 is 17.7 Å². The van der Waals surface area contributed by atoms with Crippen LogP contribution >= 0.6 is 0 Å². The lowest BCUT2D eigenvalue weighted by Crippen LogP contribution is -2.26. The topological polar surface area (TPSA) is 106 Å². The number of hydrogen-bond donors (Lipinski definition) is 2. The average Bonchev–Trinajstić information content (AvgIpc) is 2.46.